The van der Waals surface area contributed by atoms with Gasteiger partial charge in [0.25, 0.3) is 0 Å². The van der Waals surface area contributed by atoms with Crippen LogP contribution in [0.5, 0.6) is 0 Å². The number of fused-ring (bicyclic) bond motifs is 3. The molecule has 152 valence electrons. The zero-order chi connectivity index (χ0) is 20.6. The van der Waals surface area contributed by atoms with Crippen LogP contribution in [0.15, 0.2) is 49.0 Å². The molecule has 0 aromatic heterocycles. The van der Waals surface area contributed by atoms with Crippen LogP contribution in [0, 0.1) is 0 Å². The molecule has 5 nitrogen and oxygen atoms in total. The SMILES string of the molecule is C=C1c2ccccc2-c2ccc(C(=O)CCCOCCNC(=O)OCCC)cc21. The molecule has 0 saturated heterocycles. The number of hydrogen-bond donors (Lipinski definition) is 1. The van der Waals surface area contributed by atoms with E-state index < -0.39 is 6.09 Å². The molecule has 1 aliphatic carbocycles. The van der Waals surface area contributed by atoms with Gasteiger partial charge in [0.1, 0.15) is 0 Å². The van der Waals surface area contributed by atoms with E-state index in [2.05, 4.69) is 24.0 Å². The summed E-state index contributed by atoms with van der Waals surface area (Å²) < 4.78 is 10.4. The zero-order valence-corrected chi connectivity index (χ0v) is 16.8. The second-order valence-electron chi connectivity index (χ2n) is 6.99. The summed E-state index contributed by atoms with van der Waals surface area (Å²) in [5.74, 6) is 0.0985. The van der Waals surface area contributed by atoms with Crippen LogP contribution in [0.4, 0.5) is 4.79 Å². The van der Waals surface area contributed by atoms with Gasteiger partial charge in [-0.1, -0.05) is 49.9 Å². The number of hydrogen-bond acceptors (Lipinski definition) is 4. The Kier molecular flexibility index (Phi) is 7.19. The van der Waals surface area contributed by atoms with Crippen molar-refractivity contribution in [2.75, 3.05) is 26.4 Å². The average Bonchev–Trinajstić information content (AvgIpc) is 3.03. The Hall–Kier alpha value is -2.92. The number of Topliss-reactive ketones (excluding diaryl/α,β-unsaturated/α-hetero) is 1. The molecule has 1 aliphatic rings. The summed E-state index contributed by atoms with van der Waals surface area (Å²) in [6.45, 7) is 7.81. The summed E-state index contributed by atoms with van der Waals surface area (Å²) in [7, 11) is 0. The maximum atomic E-state index is 12.5. The molecular weight excluding hydrogens is 366 g/mol. The van der Waals surface area contributed by atoms with E-state index >= 15 is 0 Å². The molecule has 2 aromatic carbocycles. The van der Waals surface area contributed by atoms with Gasteiger partial charge in [-0.2, -0.15) is 0 Å². The number of nitrogens with one attached hydrogen (secondary N) is 1. The molecule has 0 fully saturated rings. The first-order valence-corrected chi connectivity index (χ1v) is 10.1. The fourth-order valence-corrected chi connectivity index (χ4v) is 3.38. The molecule has 2 aromatic rings. The Balaban J connectivity index is 1.41. The van der Waals surface area contributed by atoms with Crippen LogP contribution < -0.4 is 5.32 Å². The molecule has 0 aliphatic heterocycles. The minimum Gasteiger partial charge on any atom is -0.450 e. The van der Waals surface area contributed by atoms with Crippen LogP contribution >= 0.6 is 0 Å². The lowest BCUT2D eigenvalue weighted by Crippen LogP contribution is -2.28. The molecule has 0 bridgehead atoms. The Morgan fingerprint density at radius 3 is 2.52 bits per heavy atom. The maximum absolute atomic E-state index is 12.5. The summed E-state index contributed by atoms with van der Waals surface area (Å²) in [4.78, 5) is 23.8. The maximum Gasteiger partial charge on any atom is 0.407 e. The number of carbonyl (C=O) groups is 2. The van der Waals surface area contributed by atoms with Crippen LogP contribution in [0.25, 0.3) is 16.7 Å². The molecule has 0 heterocycles. The lowest BCUT2D eigenvalue weighted by Gasteiger charge is -2.07. The van der Waals surface area contributed by atoms with Gasteiger partial charge >= 0.3 is 6.09 Å². The van der Waals surface area contributed by atoms with E-state index in [1.54, 1.807) is 0 Å². The smallest absolute Gasteiger partial charge is 0.407 e. The Morgan fingerprint density at radius 1 is 0.966 bits per heavy atom. The van der Waals surface area contributed by atoms with Crippen molar-refractivity contribution in [3.63, 3.8) is 0 Å². The zero-order valence-electron chi connectivity index (χ0n) is 16.8. The van der Waals surface area contributed by atoms with Gasteiger partial charge in [-0.05, 0) is 46.7 Å². The third-order valence-electron chi connectivity index (χ3n) is 4.85. The molecule has 29 heavy (non-hydrogen) atoms. The van der Waals surface area contributed by atoms with Gasteiger partial charge < -0.3 is 14.8 Å². The Labute approximate surface area is 171 Å². The second kappa shape index (κ2) is 10.0. The number of ether oxygens (including phenoxy) is 2. The summed E-state index contributed by atoms with van der Waals surface area (Å²) >= 11 is 0. The van der Waals surface area contributed by atoms with Crippen LogP contribution in [0.2, 0.25) is 0 Å². The fourth-order valence-electron chi connectivity index (χ4n) is 3.38. The van der Waals surface area contributed by atoms with Crippen molar-refractivity contribution in [3.8, 4) is 11.1 Å². The molecule has 0 radical (unpaired) electrons. The number of carbonyl (C=O) groups excluding carboxylic acids is 2. The third-order valence-corrected chi connectivity index (χ3v) is 4.85. The van der Waals surface area contributed by atoms with E-state index in [-0.39, 0.29) is 5.78 Å². The van der Waals surface area contributed by atoms with Crippen LogP contribution in [0.3, 0.4) is 0 Å². The van der Waals surface area contributed by atoms with Crippen molar-refractivity contribution >= 4 is 17.4 Å². The molecule has 5 heteroatoms. The predicted molar refractivity (Wildman–Crippen MR) is 114 cm³/mol. The predicted octanol–water partition coefficient (Wildman–Crippen LogP) is 4.84. The minimum atomic E-state index is -0.425. The van der Waals surface area contributed by atoms with Gasteiger partial charge in [0.05, 0.1) is 13.2 Å². The van der Waals surface area contributed by atoms with Crippen LogP contribution in [-0.2, 0) is 9.47 Å². The molecule has 0 spiro atoms. The lowest BCUT2D eigenvalue weighted by molar-refractivity contribution is 0.0936. The molecule has 3 rings (SSSR count). The first-order chi connectivity index (χ1) is 14.1. The molecular formula is C24H27NO4. The fraction of sp³-hybridized carbons (Fsp3) is 0.333. The Morgan fingerprint density at radius 2 is 1.72 bits per heavy atom. The van der Waals surface area contributed by atoms with E-state index in [0.29, 0.717) is 44.8 Å². The van der Waals surface area contributed by atoms with E-state index in [4.69, 9.17) is 9.47 Å². The van der Waals surface area contributed by atoms with E-state index in [0.717, 1.165) is 28.7 Å². The third kappa shape index (κ3) is 5.12. The highest BCUT2D eigenvalue weighted by Gasteiger charge is 2.22. The van der Waals surface area contributed by atoms with Crippen molar-refractivity contribution in [2.24, 2.45) is 0 Å². The van der Waals surface area contributed by atoms with Gasteiger partial charge in [-0.25, -0.2) is 4.79 Å². The number of benzene rings is 2. The topological polar surface area (TPSA) is 64.6 Å². The van der Waals surface area contributed by atoms with Gasteiger partial charge in [0.2, 0.25) is 0 Å². The minimum absolute atomic E-state index is 0.0985. The molecule has 1 N–H and O–H groups in total. The highest BCUT2D eigenvalue weighted by molar-refractivity contribution is 6.04. The van der Waals surface area contributed by atoms with Crippen molar-refractivity contribution in [3.05, 3.63) is 65.7 Å². The van der Waals surface area contributed by atoms with Crippen molar-refractivity contribution in [1.29, 1.82) is 0 Å². The van der Waals surface area contributed by atoms with Gasteiger partial charge in [-0.3, -0.25) is 4.79 Å². The van der Waals surface area contributed by atoms with Gasteiger partial charge in [-0.15, -0.1) is 0 Å². The van der Waals surface area contributed by atoms with Crippen molar-refractivity contribution in [1.82, 2.24) is 5.32 Å². The van der Waals surface area contributed by atoms with E-state index in [9.17, 15) is 9.59 Å². The summed E-state index contributed by atoms with van der Waals surface area (Å²) in [5.41, 5.74) is 6.15. The molecule has 0 unspecified atom stereocenters. The normalized spacial score (nSPS) is 11.7. The summed E-state index contributed by atoms with van der Waals surface area (Å²) in [6, 6.07) is 14.0. The highest BCUT2D eigenvalue weighted by atomic mass is 16.5. The van der Waals surface area contributed by atoms with Crippen LogP contribution in [0.1, 0.15) is 47.7 Å². The number of amides is 1. The number of ketones is 1. The highest BCUT2D eigenvalue weighted by Crippen LogP contribution is 2.43. The number of alkyl carbamates (subject to hydrolysis) is 1. The summed E-state index contributed by atoms with van der Waals surface area (Å²) in [6.07, 6.45) is 1.43. The Bertz CT molecular complexity index is 904. The van der Waals surface area contributed by atoms with Gasteiger partial charge in [0.15, 0.2) is 5.78 Å². The second-order valence-corrected chi connectivity index (χ2v) is 6.99. The summed E-state index contributed by atoms with van der Waals surface area (Å²) in [5, 5.41) is 2.62. The van der Waals surface area contributed by atoms with E-state index in [1.807, 2.05) is 37.3 Å². The largest absolute Gasteiger partial charge is 0.450 e. The van der Waals surface area contributed by atoms with Gasteiger partial charge in [0, 0.05) is 25.1 Å². The monoisotopic (exact) mass is 393 g/mol. The molecule has 0 saturated carbocycles. The standard InChI is InChI=1S/C24H27NO4/c1-3-13-29-24(27)25-12-15-28-14-6-9-23(26)18-10-11-21-20-8-5-4-7-19(20)17(2)22(21)16-18/h4-5,7-8,10-11,16H,2-3,6,9,12-15H2,1H3,(H,25,27). The number of rotatable bonds is 10. The average molecular weight is 393 g/mol. The van der Waals surface area contributed by atoms with Crippen molar-refractivity contribution < 1.29 is 19.1 Å². The lowest BCUT2D eigenvalue weighted by atomic mass is 9.99. The first-order valence-electron chi connectivity index (χ1n) is 10.1. The molecule has 0 atom stereocenters. The molecule has 1 amide bonds. The van der Waals surface area contributed by atoms with Crippen LogP contribution in [-0.4, -0.2) is 38.2 Å². The quantitative estimate of drug-likeness (QED) is 0.395. The van der Waals surface area contributed by atoms with Crippen molar-refractivity contribution in [2.45, 2.75) is 26.2 Å². The van der Waals surface area contributed by atoms with E-state index in [1.165, 1.54) is 5.56 Å². The first kappa shape index (κ1) is 20.8.